The molecular formula is C17H29N3O. The minimum atomic E-state index is -0.300. The molecule has 1 saturated carbocycles. The molecule has 1 aromatic rings. The SMILES string of the molecule is CCCc1cc(NCC)nc(C2(OC)CCCC(C)C2)n1. The van der Waals surface area contributed by atoms with Crippen molar-refractivity contribution in [3.05, 3.63) is 17.6 Å². The molecule has 1 aliphatic rings. The van der Waals surface area contributed by atoms with Crippen LogP contribution in [0.15, 0.2) is 6.07 Å². The Labute approximate surface area is 128 Å². The van der Waals surface area contributed by atoms with E-state index in [-0.39, 0.29) is 5.60 Å². The molecule has 4 nitrogen and oxygen atoms in total. The van der Waals surface area contributed by atoms with Crippen LogP contribution in [-0.4, -0.2) is 23.6 Å². The molecule has 0 bridgehead atoms. The van der Waals surface area contributed by atoms with Gasteiger partial charge in [-0.2, -0.15) is 0 Å². The number of rotatable bonds is 6. The van der Waals surface area contributed by atoms with Crippen LogP contribution < -0.4 is 5.32 Å². The van der Waals surface area contributed by atoms with Crippen LogP contribution in [-0.2, 0) is 16.8 Å². The second kappa shape index (κ2) is 7.21. The molecule has 21 heavy (non-hydrogen) atoms. The van der Waals surface area contributed by atoms with Gasteiger partial charge < -0.3 is 10.1 Å². The van der Waals surface area contributed by atoms with Crippen LogP contribution in [0.5, 0.6) is 0 Å². The Hall–Kier alpha value is -1.16. The van der Waals surface area contributed by atoms with Crippen molar-refractivity contribution in [2.45, 2.75) is 64.9 Å². The van der Waals surface area contributed by atoms with Gasteiger partial charge in [-0.25, -0.2) is 9.97 Å². The quantitative estimate of drug-likeness (QED) is 0.863. The smallest absolute Gasteiger partial charge is 0.162 e. The summed E-state index contributed by atoms with van der Waals surface area (Å²) in [7, 11) is 1.81. The zero-order valence-corrected chi connectivity index (χ0v) is 13.9. The second-order valence-corrected chi connectivity index (χ2v) is 6.25. The molecule has 4 heteroatoms. The first-order chi connectivity index (χ1) is 10.1. The Morgan fingerprint density at radius 2 is 2.19 bits per heavy atom. The van der Waals surface area contributed by atoms with Crippen molar-refractivity contribution in [2.24, 2.45) is 5.92 Å². The third-order valence-corrected chi connectivity index (χ3v) is 4.40. The summed E-state index contributed by atoms with van der Waals surface area (Å²) in [5.74, 6) is 2.47. The number of nitrogens with one attached hydrogen (secondary N) is 1. The van der Waals surface area contributed by atoms with E-state index in [1.54, 1.807) is 7.11 Å². The number of aryl methyl sites for hydroxylation is 1. The molecule has 0 amide bonds. The number of anilines is 1. The fourth-order valence-corrected chi connectivity index (χ4v) is 3.34. The first-order valence-corrected chi connectivity index (χ1v) is 8.31. The molecule has 1 N–H and O–H groups in total. The number of hydrogen-bond acceptors (Lipinski definition) is 4. The van der Waals surface area contributed by atoms with Gasteiger partial charge in [0.05, 0.1) is 0 Å². The van der Waals surface area contributed by atoms with Gasteiger partial charge in [0.1, 0.15) is 11.4 Å². The molecule has 0 radical (unpaired) electrons. The molecule has 1 fully saturated rings. The van der Waals surface area contributed by atoms with E-state index in [1.165, 1.54) is 12.8 Å². The van der Waals surface area contributed by atoms with Crippen LogP contribution in [0.3, 0.4) is 0 Å². The Balaban J connectivity index is 2.38. The van der Waals surface area contributed by atoms with Crippen molar-refractivity contribution in [1.29, 1.82) is 0 Å². The Kier molecular flexibility index (Phi) is 5.57. The van der Waals surface area contributed by atoms with Crippen LogP contribution in [0.4, 0.5) is 5.82 Å². The van der Waals surface area contributed by atoms with E-state index in [9.17, 15) is 0 Å². The van der Waals surface area contributed by atoms with E-state index in [2.05, 4.69) is 32.2 Å². The van der Waals surface area contributed by atoms with Crippen molar-refractivity contribution in [3.63, 3.8) is 0 Å². The normalized spacial score (nSPS) is 25.8. The van der Waals surface area contributed by atoms with Gasteiger partial charge in [-0.3, -0.25) is 0 Å². The van der Waals surface area contributed by atoms with Gasteiger partial charge in [-0.05, 0) is 38.5 Å². The minimum absolute atomic E-state index is 0.300. The molecule has 118 valence electrons. The van der Waals surface area contributed by atoms with Gasteiger partial charge in [0.15, 0.2) is 5.82 Å². The highest BCUT2D eigenvalue weighted by Crippen LogP contribution is 2.41. The van der Waals surface area contributed by atoms with Crippen LogP contribution in [0.25, 0.3) is 0 Å². The van der Waals surface area contributed by atoms with Crippen molar-refractivity contribution in [3.8, 4) is 0 Å². The standard InChI is InChI=1S/C17H29N3O/c1-5-8-14-11-15(18-6-2)20-16(19-14)17(21-4)10-7-9-13(3)12-17/h11,13H,5-10,12H2,1-4H3,(H,18,19,20). The lowest BCUT2D eigenvalue weighted by Crippen LogP contribution is -2.36. The van der Waals surface area contributed by atoms with E-state index in [0.717, 1.165) is 49.6 Å². The Morgan fingerprint density at radius 1 is 1.38 bits per heavy atom. The third kappa shape index (κ3) is 3.73. The summed E-state index contributed by atoms with van der Waals surface area (Å²) in [6.07, 6.45) is 6.59. The molecule has 2 atom stereocenters. The molecule has 2 unspecified atom stereocenters. The highest BCUT2D eigenvalue weighted by Gasteiger charge is 2.39. The molecule has 1 aromatic heterocycles. The summed E-state index contributed by atoms with van der Waals surface area (Å²) >= 11 is 0. The molecule has 0 aromatic carbocycles. The molecule has 1 aliphatic carbocycles. The summed E-state index contributed by atoms with van der Waals surface area (Å²) in [6.45, 7) is 7.45. The highest BCUT2D eigenvalue weighted by molar-refractivity contribution is 5.37. The number of aromatic nitrogens is 2. The lowest BCUT2D eigenvalue weighted by Gasteiger charge is -2.37. The summed E-state index contributed by atoms with van der Waals surface area (Å²) < 4.78 is 5.95. The van der Waals surface area contributed by atoms with E-state index >= 15 is 0 Å². The average molecular weight is 291 g/mol. The zero-order chi connectivity index (χ0) is 15.3. The maximum absolute atomic E-state index is 5.95. The fourth-order valence-electron chi connectivity index (χ4n) is 3.34. The fraction of sp³-hybridized carbons (Fsp3) is 0.765. The topological polar surface area (TPSA) is 47.0 Å². The van der Waals surface area contributed by atoms with Crippen LogP contribution in [0.2, 0.25) is 0 Å². The van der Waals surface area contributed by atoms with Crippen LogP contribution in [0, 0.1) is 5.92 Å². The monoisotopic (exact) mass is 291 g/mol. The zero-order valence-electron chi connectivity index (χ0n) is 13.9. The van der Waals surface area contributed by atoms with Gasteiger partial charge in [0, 0.05) is 25.4 Å². The van der Waals surface area contributed by atoms with Gasteiger partial charge in [-0.1, -0.05) is 26.7 Å². The van der Waals surface area contributed by atoms with E-state index < -0.39 is 0 Å². The maximum atomic E-state index is 5.95. The number of nitrogens with zero attached hydrogens (tertiary/aromatic N) is 2. The second-order valence-electron chi connectivity index (χ2n) is 6.25. The van der Waals surface area contributed by atoms with Crippen molar-refractivity contribution in [1.82, 2.24) is 9.97 Å². The lowest BCUT2D eigenvalue weighted by molar-refractivity contribution is -0.0646. The van der Waals surface area contributed by atoms with Crippen molar-refractivity contribution >= 4 is 5.82 Å². The Morgan fingerprint density at radius 3 is 2.81 bits per heavy atom. The molecule has 2 rings (SSSR count). The van der Waals surface area contributed by atoms with E-state index in [4.69, 9.17) is 14.7 Å². The Bertz CT molecular complexity index is 439. The van der Waals surface area contributed by atoms with E-state index in [0.29, 0.717) is 5.92 Å². The van der Waals surface area contributed by atoms with Gasteiger partial charge in [0.25, 0.3) is 0 Å². The third-order valence-electron chi connectivity index (χ3n) is 4.40. The van der Waals surface area contributed by atoms with Crippen LogP contribution >= 0.6 is 0 Å². The number of methoxy groups -OCH3 is 1. The summed E-state index contributed by atoms with van der Waals surface area (Å²) in [4.78, 5) is 9.59. The first kappa shape index (κ1) is 16.2. The lowest BCUT2D eigenvalue weighted by atomic mass is 9.78. The first-order valence-electron chi connectivity index (χ1n) is 8.31. The largest absolute Gasteiger partial charge is 0.370 e. The van der Waals surface area contributed by atoms with Crippen molar-refractivity contribution < 1.29 is 4.74 Å². The predicted octanol–water partition coefficient (Wildman–Crippen LogP) is 3.91. The number of ether oxygens (including phenoxy) is 1. The predicted molar refractivity (Wildman–Crippen MR) is 86.5 cm³/mol. The van der Waals surface area contributed by atoms with Crippen molar-refractivity contribution in [2.75, 3.05) is 19.0 Å². The molecule has 1 heterocycles. The highest BCUT2D eigenvalue weighted by atomic mass is 16.5. The van der Waals surface area contributed by atoms with Crippen LogP contribution in [0.1, 0.15) is 64.4 Å². The summed E-state index contributed by atoms with van der Waals surface area (Å²) in [5.41, 5.74) is 0.819. The summed E-state index contributed by atoms with van der Waals surface area (Å²) in [5, 5.41) is 3.33. The number of hydrogen-bond donors (Lipinski definition) is 1. The van der Waals surface area contributed by atoms with Gasteiger partial charge in [0.2, 0.25) is 0 Å². The molecule has 0 aliphatic heterocycles. The van der Waals surface area contributed by atoms with E-state index in [1.807, 2.05) is 0 Å². The molecule has 0 spiro atoms. The molecule has 0 saturated heterocycles. The van der Waals surface area contributed by atoms with Gasteiger partial charge in [-0.15, -0.1) is 0 Å². The van der Waals surface area contributed by atoms with Gasteiger partial charge >= 0.3 is 0 Å². The minimum Gasteiger partial charge on any atom is -0.370 e. The average Bonchev–Trinajstić information content (AvgIpc) is 2.47. The molecular weight excluding hydrogens is 262 g/mol. The maximum Gasteiger partial charge on any atom is 0.162 e. The summed E-state index contributed by atoms with van der Waals surface area (Å²) in [6, 6.07) is 2.08.